The summed E-state index contributed by atoms with van der Waals surface area (Å²) in [6.07, 6.45) is 0.0698. The average Bonchev–Trinajstić information content (AvgIpc) is 2.56. The predicted octanol–water partition coefficient (Wildman–Crippen LogP) is 3.22. The van der Waals surface area contributed by atoms with Crippen molar-refractivity contribution in [2.45, 2.75) is 20.0 Å². The van der Waals surface area contributed by atoms with E-state index >= 15 is 0 Å². The molecule has 0 bridgehead atoms. The minimum atomic E-state index is -2.88. The number of alkyl halides is 2. The fraction of sp³-hybridized carbons (Fsp3) is 0.222. The van der Waals surface area contributed by atoms with Crippen molar-refractivity contribution in [1.82, 2.24) is 5.32 Å². The summed E-state index contributed by atoms with van der Waals surface area (Å²) in [6, 6.07) is 12.4. The second-order valence-electron chi connectivity index (χ2n) is 5.19. The third-order valence-corrected chi connectivity index (χ3v) is 3.26. The van der Waals surface area contributed by atoms with Crippen LogP contribution in [0.1, 0.15) is 22.8 Å². The van der Waals surface area contributed by atoms with E-state index in [0.29, 0.717) is 23.4 Å². The van der Waals surface area contributed by atoms with Gasteiger partial charge in [-0.15, -0.1) is 0 Å². The molecule has 0 spiro atoms. The van der Waals surface area contributed by atoms with Crippen molar-refractivity contribution in [3.05, 3.63) is 59.7 Å². The number of carbonyl (C=O) groups is 2. The van der Waals surface area contributed by atoms with Crippen LogP contribution >= 0.6 is 0 Å². The summed E-state index contributed by atoms with van der Waals surface area (Å²) < 4.78 is 28.4. The van der Waals surface area contributed by atoms with E-state index in [-0.39, 0.29) is 24.0 Å². The van der Waals surface area contributed by atoms with E-state index in [1.165, 1.54) is 12.1 Å². The maximum absolute atomic E-state index is 12.1. The smallest absolute Gasteiger partial charge is 0.387 e. The highest BCUT2D eigenvalue weighted by Crippen LogP contribution is 2.16. The Hall–Kier alpha value is -2.96. The number of hydrogen-bond acceptors (Lipinski definition) is 3. The van der Waals surface area contributed by atoms with Crippen LogP contribution < -0.4 is 15.4 Å². The molecule has 2 aromatic carbocycles. The van der Waals surface area contributed by atoms with Crippen LogP contribution in [0.4, 0.5) is 14.5 Å². The number of ether oxygens (including phenoxy) is 1. The molecule has 0 radical (unpaired) electrons. The molecule has 7 heteroatoms. The van der Waals surface area contributed by atoms with Crippen molar-refractivity contribution >= 4 is 17.5 Å². The second-order valence-corrected chi connectivity index (χ2v) is 5.19. The monoisotopic (exact) mass is 348 g/mol. The number of halogens is 2. The molecule has 2 rings (SSSR count). The molecule has 0 saturated carbocycles. The maximum Gasteiger partial charge on any atom is 0.387 e. The van der Waals surface area contributed by atoms with E-state index in [2.05, 4.69) is 15.4 Å². The fourth-order valence-corrected chi connectivity index (χ4v) is 2.18. The zero-order valence-corrected chi connectivity index (χ0v) is 13.6. The van der Waals surface area contributed by atoms with Crippen molar-refractivity contribution in [2.24, 2.45) is 0 Å². The van der Waals surface area contributed by atoms with Crippen LogP contribution in [0, 0.1) is 0 Å². The van der Waals surface area contributed by atoms with Gasteiger partial charge in [-0.2, -0.15) is 8.78 Å². The van der Waals surface area contributed by atoms with Gasteiger partial charge in [-0.05, 0) is 42.8 Å². The summed E-state index contributed by atoms with van der Waals surface area (Å²) in [5.41, 5.74) is 1.61. The Morgan fingerprint density at radius 1 is 1.12 bits per heavy atom. The minimum Gasteiger partial charge on any atom is -0.435 e. The lowest BCUT2D eigenvalue weighted by atomic mass is 10.1. The second kappa shape index (κ2) is 8.77. The van der Waals surface area contributed by atoms with Crippen molar-refractivity contribution in [1.29, 1.82) is 0 Å². The number of carbonyl (C=O) groups excluding carboxylic acids is 2. The molecule has 2 amide bonds. The number of anilines is 1. The first-order chi connectivity index (χ1) is 12.0. The Balaban J connectivity index is 1.96. The van der Waals surface area contributed by atoms with Crippen molar-refractivity contribution in [2.75, 3.05) is 11.9 Å². The van der Waals surface area contributed by atoms with Crippen molar-refractivity contribution in [3.63, 3.8) is 0 Å². The Kier molecular flexibility index (Phi) is 6.45. The van der Waals surface area contributed by atoms with Crippen molar-refractivity contribution < 1.29 is 23.1 Å². The van der Waals surface area contributed by atoms with Gasteiger partial charge >= 0.3 is 6.61 Å². The molecule has 0 aliphatic heterocycles. The largest absolute Gasteiger partial charge is 0.435 e. The van der Waals surface area contributed by atoms with Gasteiger partial charge in [0.25, 0.3) is 5.91 Å². The van der Waals surface area contributed by atoms with Gasteiger partial charge in [0, 0.05) is 17.8 Å². The van der Waals surface area contributed by atoms with Gasteiger partial charge in [-0.1, -0.05) is 18.2 Å². The van der Waals surface area contributed by atoms with Crippen molar-refractivity contribution in [3.8, 4) is 5.75 Å². The lowest BCUT2D eigenvalue weighted by Gasteiger charge is -2.08. The van der Waals surface area contributed by atoms with E-state index in [1.54, 1.807) is 36.4 Å². The summed E-state index contributed by atoms with van der Waals surface area (Å²) in [5, 5.41) is 5.39. The average molecular weight is 348 g/mol. The standard InChI is InChI=1S/C18H18F2N2O3/c1-2-21-17(24)13-4-3-5-14(11-13)22-16(23)10-12-6-8-15(9-7-12)25-18(19)20/h3-9,11,18H,2,10H2,1H3,(H,21,24)(H,22,23). The molecule has 132 valence electrons. The van der Waals surface area contributed by atoms with Gasteiger partial charge in [0.15, 0.2) is 0 Å². The third kappa shape index (κ3) is 5.87. The zero-order valence-electron chi connectivity index (χ0n) is 13.6. The quantitative estimate of drug-likeness (QED) is 0.807. The molecule has 0 saturated heterocycles. The van der Waals surface area contributed by atoms with Crippen LogP contribution in [0.2, 0.25) is 0 Å². The molecule has 0 aliphatic rings. The number of benzene rings is 2. The van der Waals surface area contributed by atoms with Gasteiger partial charge in [-0.25, -0.2) is 0 Å². The summed E-state index contributed by atoms with van der Waals surface area (Å²) in [5.74, 6) is -0.461. The van der Waals surface area contributed by atoms with E-state index in [4.69, 9.17) is 0 Å². The molecule has 0 heterocycles. The lowest BCUT2D eigenvalue weighted by Crippen LogP contribution is -2.23. The normalized spacial score (nSPS) is 10.4. The maximum atomic E-state index is 12.1. The van der Waals surface area contributed by atoms with Crippen LogP contribution in [0.25, 0.3) is 0 Å². The molecule has 0 atom stereocenters. The topological polar surface area (TPSA) is 67.4 Å². The summed E-state index contributed by atoms with van der Waals surface area (Å²) in [7, 11) is 0. The predicted molar refractivity (Wildman–Crippen MR) is 89.9 cm³/mol. The van der Waals surface area contributed by atoms with Crippen LogP contribution in [-0.4, -0.2) is 25.0 Å². The van der Waals surface area contributed by atoms with Crippen LogP contribution in [0.5, 0.6) is 5.75 Å². The molecule has 25 heavy (non-hydrogen) atoms. The highest BCUT2D eigenvalue weighted by atomic mass is 19.3. The molecular weight excluding hydrogens is 330 g/mol. The van der Waals surface area contributed by atoms with Crippen LogP contribution in [-0.2, 0) is 11.2 Å². The fourth-order valence-electron chi connectivity index (χ4n) is 2.18. The lowest BCUT2D eigenvalue weighted by molar-refractivity contribution is -0.115. The van der Waals surface area contributed by atoms with Gasteiger partial charge in [0.2, 0.25) is 5.91 Å². The van der Waals surface area contributed by atoms with Gasteiger partial charge in [0.05, 0.1) is 6.42 Å². The number of amides is 2. The number of hydrogen-bond donors (Lipinski definition) is 2. The van der Waals surface area contributed by atoms with E-state index in [9.17, 15) is 18.4 Å². The molecule has 5 nitrogen and oxygen atoms in total. The van der Waals surface area contributed by atoms with Gasteiger partial charge < -0.3 is 15.4 Å². The van der Waals surface area contributed by atoms with Crippen LogP contribution in [0.3, 0.4) is 0 Å². The first kappa shape index (κ1) is 18.4. The Morgan fingerprint density at radius 2 is 1.84 bits per heavy atom. The molecule has 0 aliphatic carbocycles. The highest BCUT2D eigenvalue weighted by Gasteiger charge is 2.09. The number of nitrogens with one attached hydrogen (secondary N) is 2. The highest BCUT2D eigenvalue weighted by molar-refractivity contribution is 5.97. The first-order valence-corrected chi connectivity index (χ1v) is 7.70. The minimum absolute atomic E-state index is 0.0359. The molecular formula is C18H18F2N2O3. The zero-order chi connectivity index (χ0) is 18.2. The Labute approximate surface area is 144 Å². The Morgan fingerprint density at radius 3 is 2.48 bits per heavy atom. The summed E-state index contributed by atoms with van der Waals surface area (Å²) in [6.45, 7) is -0.548. The van der Waals surface area contributed by atoms with E-state index < -0.39 is 6.61 Å². The SMILES string of the molecule is CCNC(=O)c1cccc(NC(=O)Cc2ccc(OC(F)F)cc2)c1. The molecule has 2 aromatic rings. The van der Waals surface area contributed by atoms with Gasteiger partial charge in [0.1, 0.15) is 5.75 Å². The van der Waals surface area contributed by atoms with Crippen LogP contribution in [0.15, 0.2) is 48.5 Å². The van der Waals surface area contributed by atoms with E-state index in [1.807, 2.05) is 6.92 Å². The first-order valence-electron chi connectivity index (χ1n) is 7.70. The molecule has 0 aromatic heterocycles. The summed E-state index contributed by atoms with van der Waals surface area (Å²) in [4.78, 5) is 23.9. The molecule has 0 fully saturated rings. The summed E-state index contributed by atoms with van der Waals surface area (Å²) >= 11 is 0. The third-order valence-electron chi connectivity index (χ3n) is 3.26. The molecule has 0 unspecified atom stereocenters. The van der Waals surface area contributed by atoms with Gasteiger partial charge in [-0.3, -0.25) is 9.59 Å². The molecule has 2 N–H and O–H groups in total. The number of rotatable bonds is 7. The Bertz CT molecular complexity index is 733. The van der Waals surface area contributed by atoms with E-state index in [0.717, 1.165) is 0 Å².